The van der Waals surface area contributed by atoms with Crippen LogP contribution in [-0.2, 0) is 52.2 Å². The zero-order valence-electron chi connectivity index (χ0n) is 49.0. The van der Waals surface area contributed by atoms with Gasteiger partial charge in [-0.2, -0.15) is 0 Å². The molecule has 32 unspecified atom stereocenters. The lowest BCUT2D eigenvalue weighted by Gasteiger charge is -2.71. The Hall–Kier alpha value is -1.75. The van der Waals surface area contributed by atoms with Gasteiger partial charge in [-0.1, -0.05) is 53.2 Å². The topological polar surface area (TPSA) is 413 Å². The second kappa shape index (κ2) is 24.1. The van der Waals surface area contributed by atoms with Crippen molar-refractivity contribution in [3.8, 4) is 0 Å². The zero-order chi connectivity index (χ0) is 61.1. The van der Waals surface area contributed by atoms with E-state index in [-0.39, 0.29) is 46.0 Å². The monoisotopic (exact) mass is 1210 g/mol. The van der Waals surface area contributed by atoms with E-state index in [0.29, 0.717) is 38.5 Å². The van der Waals surface area contributed by atoms with Crippen LogP contribution < -0.4 is 0 Å². The Labute approximate surface area is 488 Å². The molecule has 5 aliphatic carbocycles. The van der Waals surface area contributed by atoms with Gasteiger partial charge in [-0.15, -0.1) is 0 Å². The fourth-order valence-corrected chi connectivity index (χ4v) is 17.3. The molecule has 9 fully saturated rings. The highest BCUT2D eigenvalue weighted by Crippen LogP contribution is 2.76. The van der Waals surface area contributed by atoms with Crippen molar-refractivity contribution >= 4 is 5.97 Å². The molecule has 0 aromatic rings. The van der Waals surface area contributed by atoms with Gasteiger partial charge >= 0.3 is 5.97 Å². The maximum absolute atomic E-state index is 15.4. The van der Waals surface area contributed by atoms with E-state index in [4.69, 9.17) is 47.4 Å². The smallest absolute Gasteiger partial charge is 0.315 e. The molecular weight excluding hydrogens is 1110 g/mol. The molecule has 10 rings (SSSR count). The maximum atomic E-state index is 15.4. The van der Waals surface area contributed by atoms with Crippen LogP contribution in [0.15, 0.2) is 11.6 Å². The van der Waals surface area contributed by atoms with Crippen molar-refractivity contribution in [2.75, 3.05) is 33.0 Å². The largest absolute Gasteiger partial charge is 0.432 e. The molecule has 5 aliphatic heterocycles. The first-order chi connectivity index (χ1) is 39.4. The van der Waals surface area contributed by atoms with Gasteiger partial charge in [-0.3, -0.25) is 4.79 Å². The third-order valence-electron chi connectivity index (χ3n) is 22.8. The molecule has 5 saturated heterocycles. The molecule has 5 heterocycles. The van der Waals surface area contributed by atoms with Crippen molar-refractivity contribution < 1.29 is 129 Å². The molecule has 0 aromatic heterocycles. The fraction of sp³-hybridized carbons (Fsp3) is 0.948. The Balaban J connectivity index is 0.823. The first kappa shape index (κ1) is 65.2. The van der Waals surface area contributed by atoms with Gasteiger partial charge < -0.3 is 124 Å². The molecule has 15 N–H and O–H groups in total. The predicted molar refractivity (Wildman–Crippen MR) is 283 cm³/mol. The van der Waals surface area contributed by atoms with Crippen LogP contribution in [0.25, 0.3) is 0 Å². The van der Waals surface area contributed by atoms with E-state index in [1.165, 1.54) is 12.5 Å². The number of ether oxygens (including phenoxy) is 10. The summed E-state index contributed by atoms with van der Waals surface area (Å²) >= 11 is 0. The lowest BCUT2D eigenvalue weighted by molar-refractivity contribution is -0.373. The molecule has 4 saturated carbocycles. The first-order valence-electron chi connectivity index (χ1n) is 30.2. The molecule has 32 atom stereocenters. The van der Waals surface area contributed by atoms with Crippen molar-refractivity contribution in [2.24, 2.45) is 50.2 Å². The number of hydrogen-bond donors (Lipinski definition) is 15. The van der Waals surface area contributed by atoms with Gasteiger partial charge in [-0.25, -0.2) is 0 Å². The summed E-state index contributed by atoms with van der Waals surface area (Å²) < 4.78 is 58.3. The summed E-state index contributed by atoms with van der Waals surface area (Å²) in [6, 6.07) is 0. The number of carbonyl (C=O) groups excluding carboxylic acids is 1. The molecule has 0 bridgehead atoms. The Morgan fingerprint density at radius 2 is 1.17 bits per heavy atom. The molecule has 0 aromatic carbocycles. The Bertz CT molecular complexity index is 2330. The third-order valence-corrected chi connectivity index (χ3v) is 22.8. The molecule has 84 heavy (non-hydrogen) atoms. The van der Waals surface area contributed by atoms with Crippen molar-refractivity contribution in [1.82, 2.24) is 0 Å². The number of allylic oxidation sites excluding steroid dienone is 2. The number of rotatable bonds is 13. The third kappa shape index (κ3) is 10.9. The van der Waals surface area contributed by atoms with E-state index in [1.54, 1.807) is 0 Å². The SMILES string of the molecule is CC1OC(OC2C(O)COC(OCC3OC(OC4C(OC(=O)C56CCC(C)(C)CC5C5=CCC7C8(C)CCC(O)C(C)(CO)C8CCC7(C)C5(C)CC6)OC(CO)C(O)C4O)C(O)C(O)C3O)C2O)C(O)C(O)C1OC1OCC(O)C(O)C1O. The molecule has 10 aliphatic rings. The molecule has 0 amide bonds. The summed E-state index contributed by atoms with van der Waals surface area (Å²) in [5.74, 6) is -0.555. The number of fused-ring (bicyclic) bond motifs is 7. The number of aliphatic hydroxyl groups is 15. The van der Waals surface area contributed by atoms with Crippen LogP contribution >= 0.6 is 0 Å². The number of esters is 1. The molecule has 26 nitrogen and oxygen atoms in total. The minimum atomic E-state index is -2.04. The lowest BCUT2D eigenvalue weighted by Crippen LogP contribution is -2.66. The zero-order valence-corrected chi connectivity index (χ0v) is 49.0. The van der Waals surface area contributed by atoms with Crippen molar-refractivity contribution in [2.45, 2.75) is 260 Å². The molecule has 0 spiro atoms. The lowest BCUT2D eigenvalue weighted by atomic mass is 9.33. The average molecular weight is 1210 g/mol. The van der Waals surface area contributed by atoms with Crippen LogP contribution in [-0.4, -0.2) is 263 Å². The van der Waals surface area contributed by atoms with E-state index in [2.05, 4.69) is 40.7 Å². The van der Waals surface area contributed by atoms with E-state index in [1.807, 2.05) is 6.92 Å². The minimum Gasteiger partial charge on any atom is -0.432 e. The van der Waals surface area contributed by atoms with Crippen molar-refractivity contribution in [3.63, 3.8) is 0 Å². The highest BCUT2D eigenvalue weighted by Gasteiger charge is 2.70. The Kier molecular flexibility index (Phi) is 18.7. The van der Waals surface area contributed by atoms with Crippen LogP contribution in [0.3, 0.4) is 0 Å². The van der Waals surface area contributed by atoms with Gasteiger partial charge in [0.1, 0.15) is 97.7 Å². The van der Waals surface area contributed by atoms with E-state index >= 15 is 4.79 Å². The summed E-state index contributed by atoms with van der Waals surface area (Å²) in [5, 5.41) is 164. The summed E-state index contributed by atoms with van der Waals surface area (Å²) in [7, 11) is 0. The van der Waals surface area contributed by atoms with Crippen LogP contribution in [0.4, 0.5) is 0 Å². The molecule has 26 heteroatoms. The predicted octanol–water partition coefficient (Wildman–Crippen LogP) is -2.93. The number of aliphatic hydroxyl groups excluding tert-OH is 15. The van der Waals surface area contributed by atoms with Crippen molar-refractivity contribution in [1.29, 1.82) is 0 Å². The van der Waals surface area contributed by atoms with E-state index in [9.17, 15) is 76.6 Å². The van der Waals surface area contributed by atoms with E-state index in [0.717, 1.165) is 25.7 Å². The van der Waals surface area contributed by atoms with Crippen LogP contribution in [0.2, 0.25) is 0 Å². The Morgan fingerprint density at radius 1 is 0.571 bits per heavy atom. The van der Waals surface area contributed by atoms with Gasteiger partial charge in [-0.05, 0) is 111 Å². The standard InChI is InChI=1S/C58H94O26/c1-24-44(81-48-40(70)34(64)27(61)20-76-48)39(69)42(72)49(78-24)82-45-28(62)21-75-47(43(45)73)77-22-30-36(66)37(67)41(71)50(80-30)83-46-38(68)35(65)29(19-59)79-51(46)84-52(74)58-16-14-53(2,3)18-26(58)25-8-9-32-54(4)12-11-33(63)55(5,23-60)31(54)10-13-57(32,7)56(25,6)15-17-58/h8,24,26-51,59-73H,9-23H2,1-7H3. The second-order valence-corrected chi connectivity index (χ2v) is 28.1. The van der Waals surface area contributed by atoms with Crippen LogP contribution in [0.5, 0.6) is 0 Å². The first-order valence-corrected chi connectivity index (χ1v) is 30.2. The number of hydrogen-bond acceptors (Lipinski definition) is 26. The Morgan fingerprint density at radius 3 is 1.87 bits per heavy atom. The van der Waals surface area contributed by atoms with Gasteiger partial charge in [0.15, 0.2) is 31.3 Å². The second-order valence-electron chi connectivity index (χ2n) is 28.1. The average Bonchev–Trinajstić information content (AvgIpc) is 0.699. The van der Waals surface area contributed by atoms with Gasteiger partial charge in [0.25, 0.3) is 0 Å². The van der Waals surface area contributed by atoms with Gasteiger partial charge in [0.2, 0.25) is 6.29 Å². The summed E-state index contributed by atoms with van der Waals surface area (Å²) in [6.07, 6.45) is -30.7. The molecule has 0 radical (unpaired) electrons. The summed E-state index contributed by atoms with van der Waals surface area (Å²) in [4.78, 5) is 15.4. The summed E-state index contributed by atoms with van der Waals surface area (Å²) in [5.41, 5.74) is -1.35. The molecular formula is C58H94O26. The minimum absolute atomic E-state index is 0.0957. The highest BCUT2D eigenvalue weighted by molar-refractivity contribution is 5.79. The maximum Gasteiger partial charge on any atom is 0.315 e. The quantitative estimate of drug-likeness (QED) is 0.0648. The van der Waals surface area contributed by atoms with Crippen molar-refractivity contribution in [3.05, 3.63) is 11.6 Å². The summed E-state index contributed by atoms with van der Waals surface area (Å²) in [6.45, 7) is 12.4. The van der Waals surface area contributed by atoms with E-state index < -0.39 is 191 Å². The van der Waals surface area contributed by atoms with Gasteiger partial charge in [0, 0.05) is 5.41 Å². The van der Waals surface area contributed by atoms with Crippen LogP contribution in [0, 0.1) is 50.2 Å². The fourth-order valence-electron chi connectivity index (χ4n) is 17.3. The normalized spacial score (nSPS) is 54.9. The molecule has 482 valence electrons. The van der Waals surface area contributed by atoms with Gasteiger partial charge in [0.05, 0.1) is 50.7 Å². The number of carbonyl (C=O) groups is 1. The highest BCUT2D eigenvalue weighted by atomic mass is 16.8. The van der Waals surface area contributed by atoms with Crippen LogP contribution in [0.1, 0.15) is 113 Å².